The van der Waals surface area contributed by atoms with Crippen molar-refractivity contribution >= 4 is 23.0 Å². The summed E-state index contributed by atoms with van der Waals surface area (Å²) in [6, 6.07) is 5.37. The van der Waals surface area contributed by atoms with Crippen molar-refractivity contribution in [3.8, 4) is 0 Å². The first kappa shape index (κ1) is 16.8. The van der Waals surface area contributed by atoms with Gasteiger partial charge in [-0.1, -0.05) is 26.0 Å². The van der Waals surface area contributed by atoms with Crippen LogP contribution in [0.1, 0.15) is 32.3 Å². The van der Waals surface area contributed by atoms with Gasteiger partial charge in [-0.05, 0) is 37.2 Å². The molecule has 1 aromatic carbocycles. The second-order valence-electron chi connectivity index (χ2n) is 4.46. The molecular formula is C14H19F3N2S. The largest absolute Gasteiger partial charge is 0.418 e. The zero-order chi connectivity index (χ0) is 15.2. The van der Waals surface area contributed by atoms with Gasteiger partial charge in [-0.3, -0.25) is 0 Å². The molecule has 0 spiro atoms. The SMILES string of the molecule is CCCN(CCC)C(=S)Nc1ccccc1C(F)(F)F. The number of halogens is 3. The molecule has 1 aromatic rings. The van der Waals surface area contributed by atoms with E-state index in [0.717, 1.165) is 32.0 Å². The number of para-hydroxylation sites is 1. The number of anilines is 1. The molecule has 0 aliphatic rings. The highest BCUT2D eigenvalue weighted by atomic mass is 32.1. The Hall–Kier alpha value is -1.30. The van der Waals surface area contributed by atoms with Gasteiger partial charge in [0, 0.05) is 13.1 Å². The van der Waals surface area contributed by atoms with Crippen LogP contribution < -0.4 is 5.32 Å². The molecule has 0 heterocycles. The molecule has 0 amide bonds. The number of hydrogen-bond acceptors (Lipinski definition) is 1. The standard InChI is InChI=1S/C14H19F3N2S/c1-3-9-19(10-4-2)13(20)18-12-8-6-5-7-11(12)14(15,16)17/h5-8H,3-4,9-10H2,1-2H3,(H,18,20). The fraction of sp³-hybridized carbons (Fsp3) is 0.500. The molecule has 0 aromatic heterocycles. The van der Waals surface area contributed by atoms with Gasteiger partial charge in [-0.25, -0.2) is 0 Å². The summed E-state index contributed by atoms with van der Waals surface area (Å²) in [4.78, 5) is 1.89. The second-order valence-corrected chi connectivity index (χ2v) is 4.85. The van der Waals surface area contributed by atoms with Gasteiger partial charge in [0.1, 0.15) is 0 Å². The van der Waals surface area contributed by atoms with E-state index in [1.165, 1.54) is 12.1 Å². The molecule has 0 saturated carbocycles. The van der Waals surface area contributed by atoms with E-state index < -0.39 is 11.7 Å². The predicted molar refractivity (Wildman–Crippen MR) is 79.8 cm³/mol. The van der Waals surface area contributed by atoms with Crippen molar-refractivity contribution in [1.29, 1.82) is 0 Å². The minimum Gasteiger partial charge on any atom is -0.349 e. The van der Waals surface area contributed by atoms with Crippen molar-refractivity contribution in [2.75, 3.05) is 18.4 Å². The average molecular weight is 304 g/mol. The highest BCUT2D eigenvalue weighted by Gasteiger charge is 2.33. The Morgan fingerprint density at radius 3 is 2.20 bits per heavy atom. The molecule has 0 bridgehead atoms. The molecule has 6 heteroatoms. The van der Waals surface area contributed by atoms with Crippen LogP contribution in [0.3, 0.4) is 0 Å². The molecule has 0 radical (unpaired) electrons. The number of alkyl halides is 3. The zero-order valence-corrected chi connectivity index (χ0v) is 12.4. The molecule has 0 aliphatic carbocycles. The molecule has 1 rings (SSSR count). The van der Waals surface area contributed by atoms with Gasteiger partial charge in [0.2, 0.25) is 0 Å². The van der Waals surface area contributed by atoms with Crippen LogP contribution in [0.5, 0.6) is 0 Å². The normalized spacial score (nSPS) is 11.2. The maximum absolute atomic E-state index is 12.9. The maximum Gasteiger partial charge on any atom is 0.418 e. The number of benzene rings is 1. The lowest BCUT2D eigenvalue weighted by molar-refractivity contribution is -0.136. The van der Waals surface area contributed by atoms with E-state index in [1.807, 2.05) is 18.7 Å². The van der Waals surface area contributed by atoms with Crippen LogP contribution >= 0.6 is 12.2 Å². The van der Waals surface area contributed by atoms with Gasteiger partial charge in [0.15, 0.2) is 5.11 Å². The quantitative estimate of drug-likeness (QED) is 0.805. The number of thiocarbonyl (C=S) groups is 1. The fourth-order valence-corrected chi connectivity index (χ4v) is 2.18. The van der Waals surface area contributed by atoms with E-state index >= 15 is 0 Å². The van der Waals surface area contributed by atoms with Crippen molar-refractivity contribution in [3.05, 3.63) is 29.8 Å². The average Bonchev–Trinajstić information content (AvgIpc) is 2.38. The van der Waals surface area contributed by atoms with Crippen LogP contribution in [-0.2, 0) is 6.18 Å². The number of nitrogens with zero attached hydrogens (tertiary/aromatic N) is 1. The minimum absolute atomic E-state index is 0.00204. The number of rotatable bonds is 5. The summed E-state index contributed by atoms with van der Waals surface area (Å²) in [5.74, 6) is 0. The smallest absolute Gasteiger partial charge is 0.349 e. The Morgan fingerprint density at radius 2 is 1.70 bits per heavy atom. The summed E-state index contributed by atoms with van der Waals surface area (Å²) in [6.45, 7) is 5.48. The Morgan fingerprint density at radius 1 is 1.15 bits per heavy atom. The minimum atomic E-state index is -4.39. The summed E-state index contributed by atoms with van der Waals surface area (Å²) in [5.41, 5.74) is -0.697. The number of nitrogens with one attached hydrogen (secondary N) is 1. The first-order valence-electron chi connectivity index (χ1n) is 6.62. The van der Waals surface area contributed by atoms with Gasteiger partial charge < -0.3 is 10.2 Å². The molecule has 2 nitrogen and oxygen atoms in total. The van der Waals surface area contributed by atoms with E-state index in [0.29, 0.717) is 5.11 Å². The Balaban J connectivity index is 2.89. The molecular weight excluding hydrogens is 285 g/mol. The van der Waals surface area contributed by atoms with E-state index in [2.05, 4.69) is 5.32 Å². The van der Waals surface area contributed by atoms with Crippen molar-refractivity contribution < 1.29 is 13.2 Å². The van der Waals surface area contributed by atoms with Crippen LogP contribution in [0.4, 0.5) is 18.9 Å². The van der Waals surface area contributed by atoms with Crippen LogP contribution in [0.15, 0.2) is 24.3 Å². The third-order valence-corrected chi connectivity index (χ3v) is 3.11. The first-order valence-corrected chi connectivity index (χ1v) is 7.03. The number of hydrogen-bond donors (Lipinski definition) is 1. The monoisotopic (exact) mass is 304 g/mol. The van der Waals surface area contributed by atoms with Crippen molar-refractivity contribution in [2.24, 2.45) is 0 Å². The van der Waals surface area contributed by atoms with E-state index in [1.54, 1.807) is 6.07 Å². The highest BCUT2D eigenvalue weighted by Crippen LogP contribution is 2.34. The lowest BCUT2D eigenvalue weighted by Crippen LogP contribution is -2.36. The molecule has 0 atom stereocenters. The van der Waals surface area contributed by atoms with Crippen molar-refractivity contribution in [3.63, 3.8) is 0 Å². The van der Waals surface area contributed by atoms with Crippen molar-refractivity contribution in [1.82, 2.24) is 4.90 Å². The Bertz CT molecular complexity index is 440. The highest BCUT2D eigenvalue weighted by molar-refractivity contribution is 7.80. The van der Waals surface area contributed by atoms with E-state index in [9.17, 15) is 13.2 Å². The van der Waals surface area contributed by atoms with Crippen LogP contribution in [-0.4, -0.2) is 23.1 Å². The van der Waals surface area contributed by atoms with Gasteiger partial charge in [-0.15, -0.1) is 0 Å². The Labute approximate surface area is 123 Å². The third kappa shape index (κ3) is 4.67. The second kappa shape index (κ2) is 7.47. The molecule has 0 saturated heterocycles. The van der Waals surface area contributed by atoms with Crippen LogP contribution in [0.25, 0.3) is 0 Å². The summed E-state index contributed by atoms with van der Waals surface area (Å²) < 4.78 is 38.7. The van der Waals surface area contributed by atoms with Gasteiger partial charge >= 0.3 is 6.18 Å². The molecule has 0 fully saturated rings. The van der Waals surface area contributed by atoms with Crippen molar-refractivity contribution in [2.45, 2.75) is 32.9 Å². The lowest BCUT2D eigenvalue weighted by Gasteiger charge is -2.26. The molecule has 1 N–H and O–H groups in total. The van der Waals surface area contributed by atoms with Crippen LogP contribution in [0.2, 0.25) is 0 Å². The summed E-state index contributed by atoms with van der Waals surface area (Å²) in [6.07, 6.45) is -2.61. The Kier molecular flexibility index (Phi) is 6.26. The fourth-order valence-electron chi connectivity index (χ4n) is 1.89. The lowest BCUT2D eigenvalue weighted by atomic mass is 10.1. The molecule has 20 heavy (non-hydrogen) atoms. The summed E-state index contributed by atoms with van der Waals surface area (Å²) in [5, 5.41) is 3.06. The van der Waals surface area contributed by atoms with E-state index in [4.69, 9.17) is 12.2 Å². The van der Waals surface area contributed by atoms with Gasteiger partial charge in [0.25, 0.3) is 0 Å². The molecule has 0 aliphatic heterocycles. The maximum atomic E-state index is 12.9. The molecule has 0 unspecified atom stereocenters. The summed E-state index contributed by atoms with van der Waals surface area (Å²) >= 11 is 5.22. The van der Waals surface area contributed by atoms with E-state index in [-0.39, 0.29) is 5.69 Å². The topological polar surface area (TPSA) is 15.3 Å². The summed E-state index contributed by atoms with van der Waals surface area (Å²) in [7, 11) is 0. The first-order chi connectivity index (χ1) is 9.40. The van der Waals surface area contributed by atoms with Gasteiger partial charge in [-0.2, -0.15) is 13.2 Å². The zero-order valence-electron chi connectivity index (χ0n) is 11.6. The third-order valence-electron chi connectivity index (χ3n) is 2.75. The molecule has 112 valence electrons. The van der Waals surface area contributed by atoms with Gasteiger partial charge in [0.05, 0.1) is 11.3 Å². The van der Waals surface area contributed by atoms with Crippen LogP contribution in [0, 0.1) is 0 Å². The predicted octanol–water partition coefficient (Wildman–Crippen LogP) is 4.52.